The highest BCUT2D eigenvalue weighted by atomic mass is 16.6. The Hall–Kier alpha value is -2.56. The Labute approximate surface area is 215 Å². The Morgan fingerprint density at radius 3 is 1.36 bits per heavy atom. The summed E-state index contributed by atoms with van der Waals surface area (Å²) in [7, 11) is 0. The minimum absolute atomic E-state index is 0.298. The zero-order valence-electron chi connectivity index (χ0n) is 21.6. The van der Waals surface area contributed by atoms with Gasteiger partial charge in [0.15, 0.2) is 0 Å². The van der Waals surface area contributed by atoms with Crippen molar-refractivity contribution in [2.45, 2.75) is 64.6 Å². The van der Waals surface area contributed by atoms with Gasteiger partial charge in [0.2, 0.25) is 0 Å². The number of rotatable bonds is 9. The maximum Gasteiger partial charge on any atom is 0.119 e. The predicted molar refractivity (Wildman–Crippen MR) is 143 cm³/mol. The summed E-state index contributed by atoms with van der Waals surface area (Å²) in [5.41, 5.74) is 8.96. The quantitative estimate of drug-likeness (QED) is 0.355. The standard InChI is InChI=1S/C32H38O4/c1-21-15-25(7-13-31(21)23-3-9-27(10-4-23)33-17-29-19-35-29)26-8-14-32(22(2)16-26)24-5-11-28(12-6-24)34-18-30-20-36-30/h3-6,9-12,25-26,29-30H,7-8,13-20H2,1-2H3. The highest BCUT2D eigenvalue weighted by Crippen LogP contribution is 2.45. The van der Waals surface area contributed by atoms with Crippen molar-refractivity contribution in [2.75, 3.05) is 26.4 Å². The molecular weight excluding hydrogens is 448 g/mol. The highest BCUT2D eigenvalue weighted by Gasteiger charge is 2.30. The molecule has 2 aliphatic carbocycles. The first kappa shape index (κ1) is 23.8. The summed E-state index contributed by atoms with van der Waals surface area (Å²) in [4.78, 5) is 0. The molecule has 2 aliphatic heterocycles. The van der Waals surface area contributed by atoms with Crippen molar-refractivity contribution in [1.29, 1.82) is 0 Å². The number of epoxide rings is 2. The summed E-state index contributed by atoms with van der Waals surface area (Å²) in [6.45, 7) is 7.70. The second-order valence-corrected chi connectivity index (χ2v) is 11.1. The minimum atomic E-state index is 0.298. The topological polar surface area (TPSA) is 43.5 Å². The molecule has 2 saturated heterocycles. The fourth-order valence-corrected chi connectivity index (χ4v) is 6.12. The number of benzene rings is 2. The third kappa shape index (κ3) is 5.71. The molecule has 0 spiro atoms. The summed E-state index contributed by atoms with van der Waals surface area (Å²) in [6.07, 6.45) is 8.03. The highest BCUT2D eigenvalue weighted by molar-refractivity contribution is 5.71. The normalized spacial score (nSPS) is 27.7. The van der Waals surface area contributed by atoms with E-state index in [1.807, 2.05) is 0 Å². The number of hydrogen-bond acceptors (Lipinski definition) is 4. The van der Waals surface area contributed by atoms with Crippen LogP contribution in [0.2, 0.25) is 0 Å². The van der Waals surface area contributed by atoms with Gasteiger partial charge in [-0.05, 0) is 111 Å². The van der Waals surface area contributed by atoms with E-state index in [4.69, 9.17) is 18.9 Å². The Kier molecular flexibility index (Phi) is 6.90. The smallest absolute Gasteiger partial charge is 0.119 e. The van der Waals surface area contributed by atoms with E-state index in [9.17, 15) is 0 Å². The molecule has 2 heterocycles. The maximum atomic E-state index is 5.82. The van der Waals surface area contributed by atoms with Gasteiger partial charge in [0.1, 0.15) is 36.9 Å². The van der Waals surface area contributed by atoms with E-state index in [0.29, 0.717) is 25.4 Å². The van der Waals surface area contributed by atoms with Crippen molar-refractivity contribution in [3.05, 3.63) is 70.8 Å². The van der Waals surface area contributed by atoms with Crippen LogP contribution in [-0.4, -0.2) is 38.6 Å². The minimum Gasteiger partial charge on any atom is -0.491 e. The molecule has 4 nitrogen and oxygen atoms in total. The SMILES string of the molecule is CC1=C(c2ccc(OCC3CO3)cc2)CCC(C2CCC(c3ccc(OCC4CO4)cc3)=C(C)C2)C1. The lowest BCUT2D eigenvalue weighted by atomic mass is 9.69. The van der Waals surface area contributed by atoms with Crippen LogP contribution in [0.15, 0.2) is 59.7 Å². The first-order valence-electron chi connectivity index (χ1n) is 13.7. The van der Waals surface area contributed by atoms with Crippen molar-refractivity contribution in [2.24, 2.45) is 11.8 Å². The molecule has 190 valence electrons. The number of ether oxygens (including phenoxy) is 4. The lowest BCUT2D eigenvalue weighted by Gasteiger charge is -2.36. The molecular formula is C32H38O4. The van der Waals surface area contributed by atoms with Gasteiger partial charge in [0.25, 0.3) is 0 Å². The van der Waals surface area contributed by atoms with E-state index in [1.165, 1.54) is 49.7 Å². The second kappa shape index (κ2) is 10.4. The van der Waals surface area contributed by atoms with Crippen LogP contribution in [-0.2, 0) is 9.47 Å². The van der Waals surface area contributed by atoms with Gasteiger partial charge in [0, 0.05) is 0 Å². The Morgan fingerprint density at radius 1 is 0.639 bits per heavy atom. The molecule has 0 saturated carbocycles. The fourth-order valence-electron chi connectivity index (χ4n) is 6.12. The largest absolute Gasteiger partial charge is 0.491 e. The monoisotopic (exact) mass is 486 g/mol. The van der Waals surface area contributed by atoms with Gasteiger partial charge in [-0.1, -0.05) is 35.4 Å². The number of allylic oxidation sites excluding steroid dienone is 4. The van der Waals surface area contributed by atoms with Crippen LogP contribution in [0, 0.1) is 11.8 Å². The van der Waals surface area contributed by atoms with Gasteiger partial charge in [-0.2, -0.15) is 0 Å². The van der Waals surface area contributed by atoms with E-state index in [-0.39, 0.29) is 0 Å². The van der Waals surface area contributed by atoms with E-state index >= 15 is 0 Å². The van der Waals surface area contributed by atoms with Gasteiger partial charge in [0.05, 0.1) is 13.2 Å². The first-order valence-corrected chi connectivity index (χ1v) is 13.7. The summed E-state index contributed by atoms with van der Waals surface area (Å²) >= 11 is 0. The molecule has 0 bridgehead atoms. The van der Waals surface area contributed by atoms with E-state index in [0.717, 1.165) is 36.5 Å². The van der Waals surface area contributed by atoms with Crippen LogP contribution in [0.25, 0.3) is 11.1 Å². The third-order valence-electron chi connectivity index (χ3n) is 8.45. The van der Waals surface area contributed by atoms with Crippen molar-refractivity contribution >= 4 is 11.1 Å². The Balaban J connectivity index is 1.06. The molecule has 0 aromatic heterocycles. The summed E-state index contributed by atoms with van der Waals surface area (Å²) in [5, 5.41) is 0. The lowest BCUT2D eigenvalue weighted by molar-refractivity contribution is 0.263. The van der Waals surface area contributed by atoms with E-state index in [1.54, 1.807) is 22.3 Å². The van der Waals surface area contributed by atoms with Gasteiger partial charge >= 0.3 is 0 Å². The van der Waals surface area contributed by atoms with Crippen LogP contribution in [0.3, 0.4) is 0 Å². The van der Waals surface area contributed by atoms with Gasteiger partial charge in [-0.3, -0.25) is 0 Å². The summed E-state index contributed by atoms with van der Waals surface area (Å²) < 4.78 is 22.1. The van der Waals surface area contributed by atoms with E-state index in [2.05, 4.69) is 62.4 Å². The molecule has 2 aromatic rings. The van der Waals surface area contributed by atoms with Gasteiger partial charge in [-0.15, -0.1) is 0 Å². The van der Waals surface area contributed by atoms with Crippen LogP contribution in [0.4, 0.5) is 0 Å². The molecule has 4 aliphatic rings. The fraction of sp³-hybridized carbons (Fsp3) is 0.500. The van der Waals surface area contributed by atoms with Crippen molar-refractivity contribution in [3.63, 3.8) is 0 Å². The average Bonchev–Trinajstić information content (AvgIpc) is 3.82. The zero-order valence-corrected chi connectivity index (χ0v) is 21.6. The molecule has 2 aromatic carbocycles. The van der Waals surface area contributed by atoms with Crippen LogP contribution in [0.5, 0.6) is 11.5 Å². The first-order chi connectivity index (χ1) is 17.6. The molecule has 4 unspecified atom stereocenters. The molecule has 0 radical (unpaired) electrons. The van der Waals surface area contributed by atoms with Crippen molar-refractivity contribution in [1.82, 2.24) is 0 Å². The van der Waals surface area contributed by atoms with Gasteiger partial charge in [-0.25, -0.2) is 0 Å². The van der Waals surface area contributed by atoms with Crippen LogP contribution < -0.4 is 9.47 Å². The molecule has 4 heteroatoms. The van der Waals surface area contributed by atoms with Crippen LogP contribution in [0.1, 0.15) is 63.5 Å². The molecule has 0 N–H and O–H groups in total. The third-order valence-corrected chi connectivity index (χ3v) is 8.45. The zero-order chi connectivity index (χ0) is 24.5. The Morgan fingerprint density at radius 2 is 1.03 bits per heavy atom. The van der Waals surface area contributed by atoms with Crippen molar-refractivity contribution in [3.8, 4) is 11.5 Å². The molecule has 2 fully saturated rings. The molecule has 0 amide bonds. The molecule has 36 heavy (non-hydrogen) atoms. The lowest BCUT2D eigenvalue weighted by Crippen LogP contribution is -2.22. The second-order valence-electron chi connectivity index (χ2n) is 11.1. The summed E-state index contributed by atoms with van der Waals surface area (Å²) in [6, 6.07) is 17.4. The van der Waals surface area contributed by atoms with Crippen molar-refractivity contribution < 1.29 is 18.9 Å². The molecule has 4 atom stereocenters. The number of hydrogen-bond donors (Lipinski definition) is 0. The average molecular weight is 487 g/mol. The molecule has 6 rings (SSSR count). The summed E-state index contributed by atoms with van der Waals surface area (Å²) in [5.74, 6) is 3.48. The van der Waals surface area contributed by atoms with Gasteiger partial charge < -0.3 is 18.9 Å². The Bertz CT molecular complexity index is 1030. The predicted octanol–water partition coefficient (Wildman–Crippen LogP) is 7.09. The van der Waals surface area contributed by atoms with Crippen LogP contribution >= 0.6 is 0 Å². The maximum absolute atomic E-state index is 5.82. The van der Waals surface area contributed by atoms with E-state index < -0.39 is 0 Å².